The summed E-state index contributed by atoms with van der Waals surface area (Å²) in [5.74, 6) is -2.50. The average molecular weight is 526 g/mol. The molecule has 1 heterocycles. The lowest BCUT2D eigenvalue weighted by Gasteiger charge is -2.51. The first kappa shape index (κ1) is 25.0. The van der Waals surface area contributed by atoms with E-state index in [9.17, 15) is 22.0 Å². The maximum Gasteiger partial charge on any atom is 0.393 e. The number of hydrogen-bond acceptors (Lipinski definition) is 2. The number of halogens is 5. The first-order valence-electron chi connectivity index (χ1n) is 12.9. The molecule has 1 fully saturated rings. The molecule has 0 amide bonds. The number of allylic oxidation sites excluding steroid dienone is 2. The first-order valence-corrected chi connectivity index (χ1v) is 12.9. The second-order valence-electron chi connectivity index (χ2n) is 10.8. The zero-order chi connectivity index (χ0) is 26.7. The zero-order valence-corrected chi connectivity index (χ0v) is 20.9. The van der Waals surface area contributed by atoms with Crippen LogP contribution in [0.2, 0.25) is 0 Å². The van der Waals surface area contributed by atoms with Gasteiger partial charge in [-0.25, -0.2) is 13.5 Å². The van der Waals surface area contributed by atoms with E-state index in [0.29, 0.717) is 24.8 Å². The summed E-state index contributed by atoms with van der Waals surface area (Å²) in [6.07, 6.45) is 3.25. The Kier molecular flexibility index (Phi) is 6.05. The van der Waals surface area contributed by atoms with E-state index in [2.05, 4.69) is 23.4 Å². The minimum atomic E-state index is -4.34. The highest BCUT2D eigenvalue weighted by Gasteiger charge is 2.54. The summed E-state index contributed by atoms with van der Waals surface area (Å²) in [4.78, 5) is 0. The van der Waals surface area contributed by atoms with Crippen molar-refractivity contribution < 1.29 is 22.0 Å². The molecule has 3 aliphatic carbocycles. The Morgan fingerprint density at radius 3 is 2.61 bits per heavy atom. The fourth-order valence-electron chi connectivity index (χ4n) is 6.73. The van der Waals surface area contributed by atoms with Crippen LogP contribution in [0, 0.1) is 28.9 Å². The molecule has 1 N–H and O–H groups in total. The predicted octanol–water partition coefficient (Wildman–Crippen LogP) is 7.17. The highest BCUT2D eigenvalue weighted by Crippen LogP contribution is 2.57. The van der Waals surface area contributed by atoms with Crippen molar-refractivity contribution in [2.75, 3.05) is 0 Å². The molecule has 1 saturated carbocycles. The van der Waals surface area contributed by atoms with Crippen LogP contribution < -0.4 is 5.32 Å². The molecule has 0 aliphatic heterocycles. The minimum Gasteiger partial charge on any atom is -0.309 e. The molecule has 0 spiro atoms. The molecular weight excluding hydrogens is 497 g/mol. The van der Waals surface area contributed by atoms with Crippen LogP contribution >= 0.6 is 0 Å². The zero-order valence-electron chi connectivity index (χ0n) is 20.9. The van der Waals surface area contributed by atoms with Gasteiger partial charge in [-0.3, -0.25) is 0 Å². The van der Waals surface area contributed by atoms with E-state index in [1.54, 1.807) is 28.9 Å². The van der Waals surface area contributed by atoms with Crippen molar-refractivity contribution in [2.24, 2.45) is 17.3 Å². The summed E-state index contributed by atoms with van der Waals surface area (Å²) in [6.45, 7) is 2.30. The van der Waals surface area contributed by atoms with E-state index in [-0.39, 0.29) is 24.7 Å². The first-order chi connectivity index (χ1) is 18.1. The van der Waals surface area contributed by atoms with Crippen molar-refractivity contribution in [3.63, 3.8) is 0 Å². The summed E-state index contributed by atoms with van der Waals surface area (Å²) in [5.41, 5.74) is 5.17. The van der Waals surface area contributed by atoms with Gasteiger partial charge < -0.3 is 5.32 Å². The van der Waals surface area contributed by atoms with Gasteiger partial charge in [0.1, 0.15) is 11.6 Å². The Hall–Kier alpha value is -3.26. The summed E-state index contributed by atoms with van der Waals surface area (Å²) in [6, 6.07) is 11.4. The largest absolute Gasteiger partial charge is 0.393 e. The molecule has 3 nitrogen and oxygen atoms in total. The second kappa shape index (κ2) is 9.19. The SMILES string of the molecule is C[C@]12Cc3cnn(-c4ccc(F)cc4)c3C=C1CCC1C2=CC[C@@H](C(F)(F)F)[C@@H]1NCc1cccc(F)c1. The molecule has 8 heteroatoms. The Morgan fingerprint density at radius 2 is 1.87 bits per heavy atom. The van der Waals surface area contributed by atoms with Gasteiger partial charge in [0.2, 0.25) is 0 Å². The fraction of sp³-hybridized carbons (Fsp3) is 0.367. The Bertz CT molecular complexity index is 1420. The van der Waals surface area contributed by atoms with Crippen LogP contribution in [0.4, 0.5) is 22.0 Å². The number of rotatable bonds is 4. The molecule has 0 bridgehead atoms. The number of nitrogens with one attached hydrogen (secondary N) is 1. The van der Waals surface area contributed by atoms with E-state index in [4.69, 9.17) is 0 Å². The molecule has 6 rings (SSSR count). The number of alkyl halides is 3. The second-order valence-corrected chi connectivity index (χ2v) is 10.8. The molecule has 3 aliphatic rings. The van der Waals surface area contributed by atoms with Gasteiger partial charge in [0.05, 0.1) is 23.5 Å². The molecule has 0 saturated heterocycles. The van der Waals surface area contributed by atoms with Crippen molar-refractivity contribution in [1.82, 2.24) is 15.1 Å². The molecule has 1 unspecified atom stereocenters. The van der Waals surface area contributed by atoms with Crippen molar-refractivity contribution in [3.8, 4) is 5.69 Å². The number of nitrogens with zero attached hydrogens (tertiary/aromatic N) is 2. The van der Waals surface area contributed by atoms with Crippen molar-refractivity contribution >= 4 is 6.08 Å². The number of hydrogen-bond donors (Lipinski definition) is 1. The summed E-state index contributed by atoms with van der Waals surface area (Å²) in [7, 11) is 0. The lowest BCUT2D eigenvalue weighted by molar-refractivity contribution is -0.187. The van der Waals surface area contributed by atoms with Gasteiger partial charge in [0, 0.05) is 18.0 Å². The van der Waals surface area contributed by atoms with Gasteiger partial charge in [-0.1, -0.05) is 36.3 Å². The van der Waals surface area contributed by atoms with Crippen LogP contribution in [0.3, 0.4) is 0 Å². The highest BCUT2D eigenvalue weighted by atomic mass is 19.4. The van der Waals surface area contributed by atoms with E-state index in [1.807, 2.05) is 12.3 Å². The molecule has 38 heavy (non-hydrogen) atoms. The van der Waals surface area contributed by atoms with Crippen LogP contribution in [0.25, 0.3) is 11.8 Å². The lowest BCUT2D eigenvalue weighted by atomic mass is 9.55. The van der Waals surface area contributed by atoms with Crippen LogP contribution in [0.5, 0.6) is 0 Å². The maximum absolute atomic E-state index is 14.2. The van der Waals surface area contributed by atoms with E-state index >= 15 is 0 Å². The van der Waals surface area contributed by atoms with Crippen LogP contribution in [0.1, 0.15) is 43.0 Å². The van der Waals surface area contributed by atoms with Gasteiger partial charge in [-0.2, -0.15) is 18.3 Å². The highest BCUT2D eigenvalue weighted by molar-refractivity contribution is 5.63. The van der Waals surface area contributed by atoms with Gasteiger partial charge in [-0.05, 0) is 85.2 Å². The van der Waals surface area contributed by atoms with Gasteiger partial charge in [0.15, 0.2) is 0 Å². The molecular formula is C30H28F5N3. The molecule has 2 aromatic carbocycles. The summed E-state index contributed by atoms with van der Waals surface area (Å²) >= 11 is 0. The van der Waals surface area contributed by atoms with Gasteiger partial charge in [-0.15, -0.1) is 0 Å². The molecule has 198 valence electrons. The van der Waals surface area contributed by atoms with E-state index < -0.39 is 29.4 Å². The standard InChI is InChI=1S/C30H28F5N3/c1-29-15-19-17-37-38(23-8-6-21(31)7-9-23)27(19)14-20(29)5-10-24-25(29)11-12-26(30(33,34)35)28(24)36-16-18-3-2-4-22(32)13-18/h2-4,6-9,11,13-14,17,24,26,28,36H,5,10,12,15-16H2,1H3/t24?,26-,28-,29+/m1/s1. The third-order valence-electron chi connectivity index (χ3n) is 8.59. The Morgan fingerprint density at radius 1 is 1.08 bits per heavy atom. The smallest absolute Gasteiger partial charge is 0.309 e. The molecule has 1 aromatic heterocycles. The van der Waals surface area contributed by atoms with Crippen molar-refractivity contribution in [1.29, 1.82) is 0 Å². The third kappa shape index (κ3) is 4.28. The monoisotopic (exact) mass is 525 g/mol. The van der Waals surface area contributed by atoms with Crippen LogP contribution in [-0.4, -0.2) is 22.0 Å². The quantitative estimate of drug-likeness (QED) is 0.289. The number of benzene rings is 2. The fourth-order valence-corrected chi connectivity index (χ4v) is 6.73. The third-order valence-corrected chi connectivity index (χ3v) is 8.59. The molecule has 4 atom stereocenters. The lowest BCUT2D eigenvalue weighted by Crippen LogP contribution is -2.53. The maximum atomic E-state index is 14.2. The van der Waals surface area contributed by atoms with Gasteiger partial charge in [0.25, 0.3) is 0 Å². The van der Waals surface area contributed by atoms with Crippen molar-refractivity contribution in [2.45, 2.75) is 51.4 Å². The Balaban J connectivity index is 1.32. The van der Waals surface area contributed by atoms with E-state index in [1.165, 1.54) is 29.8 Å². The molecule has 0 radical (unpaired) electrons. The number of fused-ring (bicyclic) bond motifs is 4. The molecule has 3 aromatic rings. The topological polar surface area (TPSA) is 29.9 Å². The Labute approximate surface area is 218 Å². The van der Waals surface area contributed by atoms with E-state index in [0.717, 1.165) is 22.5 Å². The predicted molar refractivity (Wildman–Crippen MR) is 135 cm³/mol. The summed E-state index contributed by atoms with van der Waals surface area (Å²) in [5, 5.41) is 7.75. The number of aromatic nitrogens is 2. The average Bonchev–Trinajstić information content (AvgIpc) is 3.27. The van der Waals surface area contributed by atoms with Gasteiger partial charge >= 0.3 is 6.18 Å². The van der Waals surface area contributed by atoms with Crippen LogP contribution in [0.15, 0.2) is 72.0 Å². The summed E-state index contributed by atoms with van der Waals surface area (Å²) < 4.78 is 71.5. The normalized spacial score (nSPS) is 26.6. The van der Waals surface area contributed by atoms with Crippen molar-refractivity contribution in [3.05, 3.63) is 100 Å². The van der Waals surface area contributed by atoms with Crippen LogP contribution in [-0.2, 0) is 13.0 Å². The minimum absolute atomic E-state index is 0.0826.